The molecule has 0 aliphatic heterocycles. The molecule has 4 nitrogen and oxygen atoms in total. The van der Waals surface area contributed by atoms with Crippen molar-refractivity contribution in [3.05, 3.63) is 28.9 Å². The molecule has 1 heterocycles. The lowest BCUT2D eigenvalue weighted by Crippen LogP contribution is -2.38. The molecule has 2 N–H and O–H groups in total. The van der Waals surface area contributed by atoms with Gasteiger partial charge in [0, 0.05) is 18.9 Å². The van der Waals surface area contributed by atoms with Crippen LogP contribution in [0.25, 0.3) is 0 Å². The van der Waals surface area contributed by atoms with Gasteiger partial charge in [-0.25, -0.2) is 0 Å². The van der Waals surface area contributed by atoms with E-state index in [-0.39, 0.29) is 0 Å². The fourth-order valence-electron chi connectivity index (χ4n) is 1.02. The van der Waals surface area contributed by atoms with Crippen LogP contribution in [0.2, 0.25) is 0 Å². The third-order valence-electron chi connectivity index (χ3n) is 1.69. The first-order chi connectivity index (χ1) is 6.46. The molecule has 0 spiro atoms. The Bertz CT molecular complexity index is 360. The van der Waals surface area contributed by atoms with Crippen molar-refractivity contribution in [3.63, 3.8) is 0 Å². The minimum Gasteiger partial charge on any atom is -0.328 e. The van der Waals surface area contributed by atoms with Crippen LogP contribution >= 0.6 is 0 Å². The van der Waals surface area contributed by atoms with E-state index in [1.807, 2.05) is 0 Å². The van der Waals surface area contributed by atoms with Gasteiger partial charge in [0.2, 0.25) is 0 Å². The largest absolute Gasteiger partial charge is 0.410 e. The van der Waals surface area contributed by atoms with Crippen LogP contribution in [0, 0.1) is 0 Å². The zero-order valence-electron chi connectivity index (χ0n) is 7.03. The van der Waals surface area contributed by atoms with Crippen molar-refractivity contribution >= 4 is 0 Å². The highest BCUT2D eigenvalue weighted by atomic mass is 19.4. The molecular weight excluding hydrogens is 199 g/mol. The molecule has 1 rings (SSSR count). The van der Waals surface area contributed by atoms with Gasteiger partial charge in [-0.1, -0.05) is 0 Å². The Morgan fingerprint density at radius 1 is 1.57 bits per heavy atom. The second-order valence-electron chi connectivity index (χ2n) is 2.61. The maximum absolute atomic E-state index is 12.3. The molecule has 0 aliphatic rings. The van der Waals surface area contributed by atoms with Crippen LogP contribution in [-0.4, -0.2) is 22.3 Å². The topological polar surface area (TPSA) is 60.9 Å². The van der Waals surface area contributed by atoms with E-state index >= 15 is 0 Å². The zero-order valence-corrected chi connectivity index (χ0v) is 7.03. The molecular formula is C7H8F3N3O. The van der Waals surface area contributed by atoms with Crippen molar-refractivity contribution in [2.24, 2.45) is 5.73 Å². The van der Waals surface area contributed by atoms with Gasteiger partial charge in [-0.15, -0.1) is 0 Å². The van der Waals surface area contributed by atoms with E-state index in [1.165, 1.54) is 0 Å². The molecule has 7 heteroatoms. The van der Waals surface area contributed by atoms with Crippen molar-refractivity contribution in [3.8, 4) is 0 Å². The SMILES string of the molecule is NCC(n1ccncc1=O)C(F)(F)F. The summed E-state index contributed by atoms with van der Waals surface area (Å²) in [5.41, 5.74) is 4.14. The average Bonchev–Trinajstić information content (AvgIpc) is 2.07. The quantitative estimate of drug-likeness (QED) is 0.758. The van der Waals surface area contributed by atoms with Crippen molar-refractivity contribution < 1.29 is 13.2 Å². The monoisotopic (exact) mass is 207 g/mol. The van der Waals surface area contributed by atoms with Gasteiger partial charge in [0.25, 0.3) is 5.56 Å². The van der Waals surface area contributed by atoms with Gasteiger partial charge in [0.05, 0.1) is 6.20 Å². The van der Waals surface area contributed by atoms with Gasteiger partial charge < -0.3 is 5.73 Å². The van der Waals surface area contributed by atoms with Crippen molar-refractivity contribution in [2.45, 2.75) is 12.2 Å². The Morgan fingerprint density at radius 3 is 2.64 bits per heavy atom. The zero-order chi connectivity index (χ0) is 10.8. The van der Waals surface area contributed by atoms with Gasteiger partial charge in [0.15, 0.2) is 0 Å². The molecule has 0 aromatic carbocycles. The summed E-state index contributed by atoms with van der Waals surface area (Å²) in [7, 11) is 0. The second-order valence-corrected chi connectivity index (χ2v) is 2.61. The molecule has 0 saturated carbocycles. The summed E-state index contributed by atoms with van der Waals surface area (Å²) in [4.78, 5) is 14.4. The van der Waals surface area contributed by atoms with Crippen molar-refractivity contribution in [1.29, 1.82) is 0 Å². The first-order valence-corrected chi connectivity index (χ1v) is 3.75. The highest BCUT2D eigenvalue weighted by Gasteiger charge is 2.40. The summed E-state index contributed by atoms with van der Waals surface area (Å²) < 4.78 is 37.5. The summed E-state index contributed by atoms with van der Waals surface area (Å²) >= 11 is 0. The van der Waals surface area contributed by atoms with E-state index in [0.29, 0.717) is 4.57 Å². The standard InChI is InChI=1S/C7H8F3N3O/c8-7(9,10)5(3-11)13-2-1-12-4-6(13)14/h1-2,4-5H,3,11H2. The molecule has 0 bridgehead atoms. The highest BCUT2D eigenvalue weighted by Crippen LogP contribution is 2.28. The molecule has 14 heavy (non-hydrogen) atoms. The molecule has 0 saturated heterocycles. The Hall–Kier alpha value is -1.37. The number of hydrogen-bond acceptors (Lipinski definition) is 3. The lowest BCUT2D eigenvalue weighted by atomic mass is 10.3. The Kier molecular flexibility index (Phi) is 2.90. The maximum Gasteiger partial charge on any atom is 0.410 e. The second kappa shape index (κ2) is 3.79. The number of halogens is 3. The Labute approximate surface area is 77.2 Å². The normalized spacial score (nSPS) is 14.0. The lowest BCUT2D eigenvalue weighted by Gasteiger charge is -2.20. The Balaban J connectivity index is 3.14. The van der Waals surface area contributed by atoms with Crippen LogP contribution in [0.4, 0.5) is 13.2 Å². The van der Waals surface area contributed by atoms with E-state index in [0.717, 1.165) is 18.6 Å². The molecule has 0 amide bonds. The summed E-state index contributed by atoms with van der Waals surface area (Å²) in [6.45, 7) is -0.673. The lowest BCUT2D eigenvalue weighted by molar-refractivity contribution is -0.165. The van der Waals surface area contributed by atoms with E-state index < -0.39 is 24.3 Å². The number of aromatic nitrogens is 2. The van der Waals surface area contributed by atoms with Crippen LogP contribution in [0.15, 0.2) is 23.4 Å². The number of hydrogen-bond donors (Lipinski definition) is 1. The fourth-order valence-corrected chi connectivity index (χ4v) is 1.02. The van der Waals surface area contributed by atoms with Crippen LogP contribution in [0.1, 0.15) is 6.04 Å². The van der Waals surface area contributed by atoms with Gasteiger partial charge >= 0.3 is 6.18 Å². The third-order valence-corrected chi connectivity index (χ3v) is 1.69. The molecule has 1 aromatic rings. The van der Waals surface area contributed by atoms with Gasteiger partial charge in [0.1, 0.15) is 6.04 Å². The molecule has 0 aliphatic carbocycles. The fraction of sp³-hybridized carbons (Fsp3) is 0.429. The number of rotatable bonds is 2. The highest BCUT2D eigenvalue weighted by molar-refractivity contribution is 4.87. The summed E-state index contributed by atoms with van der Waals surface area (Å²) in [5, 5.41) is 0. The number of nitrogens with zero attached hydrogens (tertiary/aromatic N) is 2. The minimum atomic E-state index is -4.53. The van der Waals surface area contributed by atoms with Crippen molar-refractivity contribution in [1.82, 2.24) is 9.55 Å². The predicted molar refractivity (Wildman–Crippen MR) is 42.6 cm³/mol. The van der Waals surface area contributed by atoms with E-state index in [2.05, 4.69) is 4.98 Å². The molecule has 1 aromatic heterocycles. The van der Waals surface area contributed by atoms with Crippen LogP contribution in [0.5, 0.6) is 0 Å². The molecule has 0 fully saturated rings. The average molecular weight is 207 g/mol. The first kappa shape index (κ1) is 10.7. The van der Waals surface area contributed by atoms with E-state index in [1.54, 1.807) is 0 Å². The molecule has 78 valence electrons. The smallest absolute Gasteiger partial charge is 0.328 e. The van der Waals surface area contributed by atoms with Crippen LogP contribution < -0.4 is 11.3 Å². The summed E-state index contributed by atoms with van der Waals surface area (Å²) in [6.07, 6.45) is -1.64. The van der Waals surface area contributed by atoms with Crippen molar-refractivity contribution in [2.75, 3.05) is 6.54 Å². The number of alkyl halides is 3. The third kappa shape index (κ3) is 2.11. The summed E-state index contributed by atoms with van der Waals surface area (Å²) in [5.74, 6) is 0. The minimum absolute atomic E-state index is 0.521. The van der Waals surface area contributed by atoms with E-state index in [9.17, 15) is 18.0 Å². The van der Waals surface area contributed by atoms with Gasteiger partial charge in [-0.2, -0.15) is 13.2 Å². The van der Waals surface area contributed by atoms with Gasteiger partial charge in [-0.05, 0) is 0 Å². The van der Waals surface area contributed by atoms with E-state index in [4.69, 9.17) is 5.73 Å². The van der Waals surface area contributed by atoms with Crippen LogP contribution in [-0.2, 0) is 0 Å². The Morgan fingerprint density at radius 2 is 2.21 bits per heavy atom. The maximum atomic E-state index is 12.3. The summed E-state index contributed by atoms with van der Waals surface area (Å²) in [6, 6.07) is -1.99. The van der Waals surface area contributed by atoms with Crippen LogP contribution in [0.3, 0.4) is 0 Å². The van der Waals surface area contributed by atoms with Gasteiger partial charge in [-0.3, -0.25) is 14.3 Å². The first-order valence-electron chi connectivity index (χ1n) is 3.75. The molecule has 0 radical (unpaired) electrons. The number of nitrogens with two attached hydrogens (primary N) is 1. The predicted octanol–water partition coefficient (Wildman–Crippen LogP) is 0.305. The molecule has 1 atom stereocenters. The molecule has 1 unspecified atom stereocenters.